The maximum atomic E-state index is 10.4. The molecule has 0 unspecified atom stereocenters. The second kappa shape index (κ2) is 6.29. The number of aliphatic hydroxyl groups is 1. The van der Waals surface area contributed by atoms with Gasteiger partial charge in [0.25, 0.3) is 0 Å². The second-order valence-corrected chi connectivity index (χ2v) is 5.53. The van der Waals surface area contributed by atoms with E-state index >= 15 is 0 Å². The lowest BCUT2D eigenvalue weighted by molar-refractivity contribution is -0.0543. The second-order valence-electron chi connectivity index (χ2n) is 4.68. The predicted octanol–water partition coefficient (Wildman–Crippen LogP) is 2.23. The molecule has 4 nitrogen and oxygen atoms in total. The first-order chi connectivity index (χ1) is 9.18. The first kappa shape index (κ1) is 14.2. The third kappa shape index (κ3) is 3.41. The number of rotatable bonds is 4. The Kier molecular flexibility index (Phi) is 4.70. The van der Waals surface area contributed by atoms with E-state index in [1.165, 1.54) is 0 Å². The number of nitrogens with one attached hydrogen (secondary N) is 1. The number of nitriles is 1. The van der Waals surface area contributed by atoms with Crippen molar-refractivity contribution < 1.29 is 9.84 Å². The normalized spacial score (nSPS) is 17.7. The number of ether oxygens (including phenoxy) is 1. The predicted molar refractivity (Wildman–Crippen MR) is 76.4 cm³/mol. The van der Waals surface area contributed by atoms with E-state index in [2.05, 4.69) is 11.4 Å². The van der Waals surface area contributed by atoms with Gasteiger partial charge in [-0.15, -0.1) is 11.8 Å². The molecule has 0 spiro atoms. The Morgan fingerprint density at radius 2 is 2.21 bits per heavy atom. The van der Waals surface area contributed by atoms with E-state index in [-0.39, 0.29) is 0 Å². The molecule has 1 aliphatic rings. The molecule has 0 aromatic heterocycles. The van der Waals surface area contributed by atoms with Crippen LogP contribution in [-0.4, -0.2) is 36.7 Å². The molecule has 1 fully saturated rings. The first-order valence-electron chi connectivity index (χ1n) is 6.30. The van der Waals surface area contributed by atoms with Gasteiger partial charge in [0.15, 0.2) is 0 Å². The van der Waals surface area contributed by atoms with Crippen LogP contribution in [0.1, 0.15) is 18.4 Å². The van der Waals surface area contributed by atoms with Gasteiger partial charge in [-0.1, -0.05) is 6.07 Å². The highest BCUT2D eigenvalue weighted by atomic mass is 32.2. The molecule has 0 aliphatic carbocycles. The molecule has 1 aromatic carbocycles. The van der Waals surface area contributed by atoms with Crippen LogP contribution in [-0.2, 0) is 4.74 Å². The number of hydrogen-bond donors (Lipinski definition) is 2. The first-order valence-corrected chi connectivity index (χ1v) is 7.52. The number of anilines is 1. The van der Waals surface area contributed by atoms with Crippen molar-refractivity contribution in [2.24, 2.45) is 0 Å². The molecule has 0 radical (unpaired) electrons. The Balaban J connectivity index is 2.09. The largest absolute Gasteiger partial charge is 0.388 e. The average molecular weight is 278 g/mol. The van der Waals surface area contributed by atoms with Crippen LogP contribution in [0.25, 0.3) is 0 Å². The van der Waals surface area contributed by atoms with Crippen LogP contribution in [0.5, 0.6) is 0 Å². The summed E-state index contributed by atoms with van der Waals surface area (Å²) in [6.07, 6.45) is 3.21. The molecular weight excluding hydrogens is 260 g/mol. The van der Waals surface area contributed by atoms with Gasteiger partial charge in [0.1, 0.15) is 6.07 Å². The Hall–Kier alpha value is -1.22. The summed E-state index contributed by atoms with van der Waals surface area (Å²) >= 11 is 1.55. The summed E-state index contributed by atoms with van der Waals surface area (Å²) in [7, 11) is 0. The van der Waals surface area contributed by atoms with Gasteiger partial charge in [-0.3, -0.25) is 0 Å². The molecule has 5 heteroatoms. The Bertz CT molecular complexity index is 479. The third-order valence-corrected chi connectivity index (χ3v) is 4.17. The number of thioether (sulfide) groups is 1. The fourth-order valence-electron chi connectivity index (χ4n) is 2.15. The summed E-state index contributed by atoms with van der Waals surface area (Å²) in [6.45, 7) is 1.63. The Labute approximate surface area is 117 Å². The maximum Gasteiger partial charge on any atom is 0.102 e. The molecule has 2 rings (SSSR count). The van der Waals surface area contributed by atoms with Crippen molar-refractivity contribution in [3.05, 3.63) is 23.8 Å². The topological polar surface area (TPSA) is 65.3 Å². The van der Waals surface area contributed by atoms with E-state index in [1.54, 1.807) is 11.8 Å². The summed E-state index contributed by atoms with van der Waals surface area (Å²) in [5, 5.41) is 22.8. The van der Waals surface area contributed by atoms with Crippen molar-refractivity contribution in [3.8, 4) is 6.07 Å². The zero-order valence-corrected chi connectivity index (χ0v) is 11.8. The van der Waals surface area contributed by atoms with Gasteiger partial charge in [-0.25, -0.2) is 0 Å². The molecule has 0 atom stereocenters. The summed E-state index contributed by atoms with van der Waals surface area (Å²) < 4.78 is 5.25. The number of nitrogens with zero attached hydrogens (tertiary/aromatic N) is 1. The van der Waals surface area contributed by atoms with E-state index in [4.69, 9.17) is 4.74 Å². The quantitative estimate of drug-likeness (QED) is 0.827. The van der Waals surface area contributed by atoms with Crippen molar-refractivity contribution in [1.29, 1.82) is 5.26 Å². The minimum Gasteiger partial charge on any atom is -0.388 e. The minimum atomic E-state index is -0.736. The van der Waals surface area contributed by atoms with Gasteiger partial charge < -0.3 is 15.2 Å². The van der Waals surface area contributed by atoms with E-state index in [9.17, 15) is 10.4 Å². The molecule has 2 N–H and O–H groups in total. The van der Waals surface area contributed by atoms with Gasteiger partial charge in [-0.05, 0) is 18.4 Å². The average Bonchev–Trinajstić information content (AvgIpc) is 2.45. The fourth-order valence-corrected chi connectivity index (χ4v) is 2.73. The molecule has 1 aliphatic heterocycles. The molecule has 102 valence electrons. The third-order valence-electron chi connectivity index (χ3n) is 3.39. The van der Waals surface area contributed by atoms with Crippen LogP contribution in [0, 0.1) is 11.3 Å². The van der Waals surface area contributed by atoms with Crippen LogP contribution in [0.15, 0.2) is 23.1 Å². The van der Waals surface area contributed by atoms with Gasteiger partial charge in [-0.2, -0.15) is 5.26 Å². The van der Waals surface area contributed by atoms with Crippen LogP contribution < -0.4 is 5.32 Å². The monoisotopic (exact) mass is 278 g/mol. The molecule has 1 aromatic rings. The Morgan fingerprint density at radius 1 is 1.47 bits per heavy atom. The summed E-state index contributed by atoms with van der Waals surface area (Å²) in [5.41, 5.74) is 0.695. The maximum absolute atomic E-state index is 10.4. The van der Waals surface area contributed by atoms with Crippen molar-refractivity contribution in [2.75, 3.05) is 31.3 Å². The van der Waals surface area contributed by atoms with Crippen molar-refractivity contribution in [1.82, 2.24) is 0 Å². The molecule has 0 bridgehead atoms. The lowest BCUT2D eigenvalue weighted by Gasteiger charge is -2.32. The van der Waals surface area contributed by atoms with Gasteiger partial charge in [0.2, 0.25) is 0 Å². The number of hydrogen-bond acceptors (Lipinski definition) is 5. The van der Waals surface area contributed by atoms with E-state index in [0.717, 1.165) is 10.6 Å². The highest BCUT2D eigenvalue weighted by Gasteiger charge is 2.29. The van der Waals surface area contributed by atoms with Crippen molar-refractivity contribution in [3.63, 3.8) is 0 Å². The standard InChI is InChI=1S/C14H18N2O2S/c1-19-13-4-2-3-12(11(13)9-15)16-10-14(17)5-7-18-8-6-14/h2-4,16-17H,5-8,10H2,1H3. The molecule has 1 heterocycles. The zero-order chi connectivity index (χ0) is 13.7. The highest BCUT2D eigenvalue weighted by Crippen LogP contribution is 2.28. The van der Waals surface area contributed by atoms with Crippen molar-refractivity contribution in [2.45, 2.75) is 23.3 Å². The molecule has 19 heavy (non-hydrogen) atoms. The molecule has 0 amide bonds. The fraction of sp³-hybridized carbons (Fsp3) is 0.500. The van der Waals surface area contributed by atoms with Crippen LogP contribution in [0.4, 0.5) is 5.69 Å². The highest BCUT2D eigenvalue weighted by molar-refractivity contribution is 7.98. The van der Waals surface area contributed by atoms with E-state index in [1.807, 2.05) is 24.5 Å². The minimum absolute atomic E-state index is 0.447. The van der Waals surface area contributed by atoms with Crippen LogP contribution >= 0.6 is 11.8 Å². The lowest BCUT2D eigenvalue weighted by atomic mass is 9.94. The van der Waals surface area contributed by atoms with Gasteiger partial charge >= 0.3 is 0 Å². The van der Waals surface area contributed by atoms with Crippen LogP contribution in [0.2, 0.25) is 0 Å². The van der Waals surface area contributed by atoms with Gasteiger partial charge in [0, 0.05) is 37.5 Å². The molecule has 1 saturated heterocycles. The lowest BCUT2D eigenvalue weighted by Crippen LogP contribution is -2.42. The van der Waals surface area contributed by atoms with Crippen molar-refractivity contribution >= 4 is 17.4 Å². The Morgan fingerprint density at radius 3 is 2.84 bits per heavy atom. The summed E-state index contributed by atoms with van der Waals surface area (Å²) in [6, 6.07) is 7.95. The molecular formula is C14H18N2O2S. The van der Waals surface area contributed by atoms with E-state index in [0.29, 0.717) is 38.2 Å². The smallest absolute Gasteiger partial charge is 0.102 e. The summed E-state index contributed by atoms with van der Waals surface area (Å²) in [4.78, 5) is 0.950. The zero-order valence-electron chi connectivity index (χ0n) is 11.0. The van der Waals surface area contributed by atoms with Gasteiger partial charge in [0.05, 0.1) is 16.9 Å². The molecule has 0 saturated carbocycles. The summed E-state index contributed by atoms with van der Waals surface area (Å²) in [5.74, 6) is 0. The number of benzene rings is 1. The van der Waals surface area contributed by atoms with Crippen LogP contribution in [0.3, 0.4) is 0 Å². The van der Waals surface area contributed by atoms with E-state index < -0.39 is 5.60 Å². The SMILES string of the molecule is CSc1cccc(NCC2(O)CCOCC2)c1C#N.